The van der Waals surface area contributed by atoms with Crippen LogP contribution in [0.25, 0.3) is 0 Å². The molecule has 0 aromatic heterocycles. The summed E-state index contributed by atoms with van der Waals surface area (Å²) in [6.07, 6.45) is 1.53. The number of anilines is 1. The Hall–Kier alpha value is -3.03. The number of carbonyl (C=O) groups excluding carboxylic acids is 1. The van der Waals surface area contributed by atoms with Crippen LogP contribution in [0.1, 0.15) is 30.0 Å². The van der Waals surface area contributed by atoms with Gasteiger partial charge in [0.1, 0.15) is 17.2 Å². The largest absolute Gasteiger partial charge is 0.495 e. The second kappa shape index (κ2) is 11.6. The Labute approximate surface area is 212 Å². The number of aryl methyl sites for hydroxylation is 3. The fourth-order valence-corrected chi connectivity index (χ4v) is 5.54. The highest BCUT2D eigenvalue weighted by atomic mass is 35.5. The third kappa shape index (κ3) is 6.77. The Bertz CT molecular complexity index is 1280. The molecule has 0 spiro atoms. The van der Waals surface area contributed by atoms with E-state index in [0.717, 1.165) is 28.3 Å². The topological polar surface area (TPSA) is 75.7 Å². The highest BCUT2D eigenvalue weighted by Gasteiger charge is 2.30. The molecule has 1 atom stereocenters. The molecule has 0 aliphatic rings. The lowest BCUT2D eigenvalue weighted by Gasteiger charge is -2.26. The van der Waals surface area contributed by atoms with Crippen molar-refractivity contribution in [1.29, 1.82) is 0 Å². The van der Waals surface area contributed by atoms with Gasteiger partial charge in [0.05, 0.1) is 12.8 Å². The van der Waals surface area contributed by atoms with Crippen molar-refractivity contribution in [3.05, 3.63) is 88.4 Å². The van der Waals surface area contributed by atoms with Crippen molar-refractivity contribution < 1.29 is 17.9 Å². The van der Waals surface area contributed by atoms with Gasteiger partial charge in [-0.05, 0) is 74.6 Å². The highest BCUT2D eigenvalue weighted by molar-refractivity contribution is 7.93. The third-order valence-corrected chi connectivity index (χ3v) is 7.94. The monoisotopic (exact) mass is 514 g/mol. The average Bonchev–Trinajstić information content (AvgIpc) is 2.83. The fraction of sp³-hybridized carbons (Fsp3) is 0.296. The Morgan fingerprint density at radius 1 is 1.06 bits per heavy atom. The second-order valence-corrected chi connectivity index (χ2v) is 10.8. The van der Waals surface area contributed by atoms with Gasteiger partial charge in [-0.3, -0.25) is 9.10 Å². The van der Waals surface area contributed by atoms with Crippen LogP contribution in [0.5, 0.6) is 5.75 Å². The molecule has 0 radical (unpaired) electrons. The molecule has 0 bridgehead atoms. The number of hydrogen-bond donors (Lipinski definition) is 1. The van der Waals surface area contributed by atoms with E-state index < -0.39 is 22.5 Å². The minimum atomic E-state index is -4.15. The molecule has 186 valence electrons. The molecule has 0 unspecified atom stereocenters. The molecule has 0 fully saturated rings. The first-order chi connectivity index (χ1) is 16.6. The van der Waals surface area contributed by atoms with E-state index in [4.69, 9.17) is 16.3 Å². The van der Waals surface area contributed by atoms with Gasteiger partial charge in [-0.15, -0.1) is 0 Å². The SMILES string of the molecule is COc1ccc(C)cc1S(=O)(=O)N(CC(=O)N[C@H](C)CCc1ccccc1)c1ccc(C)c(Cl)c1. The van der Waals surface area contributed by atoms with E-state index in [-0.39, 0.29) is 16.7 Å². The van der Waals surface area contributed by atoms with Crippen LogP contribution >= 0.6 is 11.6 Å². The van der Waals surface area contributed by atoms with Crippen LogP contribution in [0, 0.1) is 13.8 Å². The fourth-order valence-electron chi connectivity index (χ4n) is 3.71. The number of ether oxygens (including phenoxy) is 1. The Morgan fingerprint density at radius 2 is 1.77 bits per heavy atom. The van der Waals surface area contributed by atoms with Crippen LogP contribution in [0.2, 0.25) is 5.02 Å². The third-order valence-electron chi connectivity index (χ3n) is 5.73. The van der Waals surface area contributed by atoms with Crippen molar-refractivity contribution in [3.63, 3.8) is 0 Å². The number of nitrogens with zero attached hydrogens (tertiary/aromatic N) is 1. The Balaban J connectivity index is 1.87. The van der Waals surface area contributed by atoms with Crippen LogP contribution in [-0.2, 0) is 21.2 Å². The first-order valence-corrected chi connectivity index (χ1v) is 13.2. The van der Waals surface area contributed by atoms with E-state index in [1.165, 1.54) is 18.7 Å². The van der Waals surface area contributed by atoms with E-state index in [0.29, 0.717) is 10.7 Å². The van der Waals surface area contributed by atoms with Crippen LogP contribution in [-0.4, -0.2) is 34.0 Å². The molecule has 35 heavy (non-hydrogen) atoms. The zero-order chi connectivity index (χ0) is 25.6. The van der Waals surface area contributed by atoms with E-state index in [1.54, 1.807) is 37.3 Å². The summed E-state index contributed by atoms with van der Waals surface area (Å²) in [6.45, 7) is 5.14. The molecular weight excluding hydrogens is 484 g/mol. The van der Waals surface area contributed by atoms with Crippen molar-refractivity contribution >= 4 is 33.2 Å². The summed E-state index contributed by atoms with van der Waals surface area (Å²) in [7, 11) is -2.73. The number of sulfonamides is 1. The van der Waals surface area contributed by atoms with Gasteiger partial charge in [-0.25, -0.2) is 8.42 Å². The maximum Gasteiger partial charge on any atom is 0.268 e. The number of benzene rings is 3. The van der Waals surface area contributed by atoms with E-state index >= 15 is 0 Å². The standard InChI is InChI=1S/C27H31ClN2O4S/c1-19-10-15-25(34-4)26(16-19)35(32,33)30(23-14-11-20(2)24(28)17-23)18-27(31)29-21(3)12-13-22-8-6-5-7-9-22/h5-11,14-17,21H,12-13,18H2,1-4H3,(H,29,31)/t21-/m1/s1. The number of amides is 1. The predicted octanol–water partition coefficient (Wildman–Crippen LogP) is 5.30. The quantitative estimate of drug-likeness (QED) is 0.398. The lowest BCUT2D eigenvalue weighted by atomic mass is 10.1. The summed E-state index contributed by atoms with van der Waals surface area (Å²) in [5, 5.41) is 3.34. The molecular formula is C27H31ClN2O4S. The Kier molecular flexibility index (Phi) is 8.81. The van der Waals surface area contributed by atoms with Gasteiger partial charge in [0, 0.05) is 11.1 Å². The number of halogens is 1. The van der Waals surface area contributed by atoms with Gasteiger partial charge in [0.25, 0.3) is 10.0 Å². The van der Waals surface area contributed by atoms with E-state index in [1.807, 2.05) is 44.2 Å². The molecule has 1 amide bonds. The maximum atomic E-state index is 13.8. The van der Waals surface area contributed by atoms with Crippen LogP contribution in [0.4, 0.5) is 5.69 Å². The minimum Gasteiger partial charge on any atom is -0.495 e. The molecule has 3 rings (SSSR count). The zero-order valence-corrected chi connectivity index (χ0v) is 22.0. The summed E-state index contributed by atoms with van der Waals surface area (Å²) in [4.78, 5) is 13.0. The molecule has 1 N–H and O–H groups in total. The van der Waals surface area contributed by atoms with Gasteiger partial charge >= 0.3 is 0 Å². The van der Waals surface area contributed by atoms with Crippen molar-refractivity contribution in [3.8, 4) is 5.75 Å². The van der Waals surface area contributed by atoms with E-state index in [9.17, 15) is 13.2 Å². The van der Waals surface area contributed by atoms with Crippen LogP contribution < -0.4 is 14.4 Å². The minimum absolute atomic E-state index is 0.0124. The smallest absolute Gasteiger partial charge is 0.268 e. The van der Waals surface area contributed by atoms with Gasteiger partial charge in [0.15, 0.2) is 0 Å². The predicted molar refractivity (Wildman–Crippen MR) is 141 cm³/mol. The van der Waals surface area contributed by atoms with Crippen LogP contribution in [0.3, 0.4) is 0 Å². The summed E-state index contributed by atoms with van der Waals surface area (Å²) in [5.41, 5.74) is 3.04. The van der Waals surface area contributed by atoms with Gasteiger partial charge < -0.3 is 10.1 Å². The Morgan fingerprint density at radius 3 is 2.43 bits per heavy atom. The molecule has 0 saturated heterocycles. The molecule has 3 aromatic carbocycles. The van der Waals surface area contributed by atoms with Crippen molar-refractivity contribution in [2.24, 2.45) is 0 Å². The molecule has 0 saturated carbocycles. The lowest BCUT2D eigenvalue weighted by molar-refractivity contribution is -0.120. The highest BCUT2D eigenvalue weighted by Crippen LogP contribution is 2.32. The number of hydrogen-bond acceptors (Lipinski definition) is 4. The normalized spacial score (nSPS) is 12.1. The molecule has 8 heteroatoms. The number of rotatable bonds is 10. The molecule has 0 aliphatic heterocycles. The van der Waals surface area contributed by atoms with Crippen molar-refractivity contribution in [2.45, 2.75) is 44.6 Å². The molecule has 0 aliphatic carbocycles. The maximum absolute atomic E-state index is 13.8. The molecule has 0 heterocycles. The summed E-state index contributed by atoms with van der Waals surface area (Å²) < 4.78 is 34.0. The van der Waals surface area contributed by atoms with Crippen LogP contribution in [0.15, 0.2) is 71.6 Å². The van der Waals surface area contributed by atoms with E-state index in [2.05, 4.69) is 5.32 Å². The number of methoxy groups -OCH3 is 1. The number of nitrogens with one attached hydrogen (secondary N) is 1. The molecule has 6 nitrogen and oxygen atoms in total. The van der Waals surface area contributed by atoms with Gasteiger partial charge in [-0.2, -0.15) is 0 Å². The second-order valence-electron chi connectivity index (χ2n) is 8.59. The zero-order valence-electron chi connectivity index (χ0n) is 20.4. The lowest BCUT2D eigenvalue weighted by Crippen LogP contribution is -2.43. The summed E-state index contributed by atoms with van der Waals surface area (Å²) >= 11 is 6.31. The summed E-state index contributed by atoms with van der Waals surface area (Å²) in [5.74, 6) is -0.201. The molecule has 3 aromatic rings. The first kappa shape index (κ1) is 26.6. The first-order valence-electron chi connectivity index (χ1n) is 11.4. The van der Waals surface area contributed by atoms with Crippen molar-refractivity contribution in [1.82, 2.24) is 5.32 Å². The average molecular weight is 515 g/mol. The van der Waals surface area contributed by atoms with Crippen molar-refractivity contribution in [2.75, 3.05) is 18.0 Å². The summed E-state index contributed by atoms with van der Waals surface area (Å²) in [6, 6.07) is 19.7. The van der Waals surface area contributed by atoms with Gasteiger partial charge in [-0.1, -0.05) is 54.1 Å². The van der Waals surface area contributed by atoms with Gasteiger partial charge in [0.2, 0.25) is 5.91 Å². The number of carbonyl (C=O) groups is 1.